The van der Waals surface area contributed by atoms with Crippen molar-refractivity contribution in [2.24, 2.45) is 0 Å². The maximum atomic E-state index is 13.4. The number of carbonyl (C=O) groups excluding carboxylic acids is 2. The number of anilines is 1. The lowest BCUT2D eigenvalue weighted by Crippen LogP contribution is -2.45. The third kappa shape index (κ3) is 3.54. The van der Waals surface area contributed by atoms with Gasteiger partial charge in [0.1, 0.15) is 11.4 Å². The third-order valence-corrected chi connectivity index (χ3v) is 4.69. The van der Waals surface area contributed by atoms with E-state index >= 15 is 0 Å². The van der Waals surface area contributed by atoms with E-state index in [0.29, 0.717) is 17.9 Å². The summed E-state index contributed by atoms with van der Waals surface area (Å²) in [7, 11) is 1.58. The average molecular weight is 367 g/mol. The van der Waals surface area contributed by atoms with E-state index < -0.39 is 17.1 Å². The van der Waals surface area contributed by atoms with E-state index in [9.17, 15) is 9.59 Å². The molecule has 0 N–H and O–H groups in total. The van der Waals surface area contributed by atoms with Crippen molar-refractivity contribution in [1.82, 2.24) is 0 Å². The number of ether oxygens (including phenoxy) is 2. The predicted octanol–water partition coefficient (Wildman–Crippen LogP) is 4.48. The second kappa shape index (κ2) is 6.72. The zero-order valence-electron chi connectivity index (χ0n) is 16.4. The second-order valence-corrected chi connectivity index (χ2v) is 8.00. The minimum absolute atomic E-state index is 0.288. The van der Waals surface area contributed by atoms with Gasteiger partial charge in [0, 0.05) is 0 Å². The molecule has 0 saturated heterocycles. The van der Waals surface area contributed by atoms with Crippen LogP contribution in [-0.4, -0.2) is 24.7 Å². The molecule has 0 aromatic heterocycles. The van der Waals surface area contributed by atoms with Crippen LogP contribution >= 0.6 is 0 Å². The number of amides is 2. The Kier molecular flexibility index (Phi) is 4.72. The summed E-state index contributed by atoms with van der Waals surface area (Å²) < 4.78 is 10.8. The van der Waals surface area contributed by atoms with Crippen molar-refractivity contribution in [1.29, 1.82) is 0 Å². The monoisotopic (exact) mass is 367 g/mol. The first-order valence-corrected chi connectivity index (χ1v) is 8.96. The highest BCUT2D eigenvalue weighted by Crippen LogP contribution is 2.45. The molecule has 0 radical (unpaired) electrons. The lowest BCUT2D eigenvalue weighted by Gasteiger charge is -2.26. The maximum absolute atomic E-state index is 13.4. The molecule has 2 amide bonds. The number of hydrogen-bond donors (Lipinski definition) is 0. The molecule has 2 aromatic rings. The Balaban J connectivity index is 2.08. The Morgan fingerprint density at radius 2 is 1.78 bits per heavy atom. The summed E-state index contributed by atoms with van der Waals surface area (Å²) in [4.78, 5) is 27.3. The summed E-state index contributed by atoms with van der Waals surface area (Å²) in [5, 5.41) is 0. The summed E-state index contributed by atoms with van der Waals surface area (Å²) in [6.45, 7) is 7.21. The normalized spacial score (nSPS) is 19.0. The molecule has 1 atom stereocenters. The molecule has 1 aliphatic heterocycles. The molecule has 27 heavy (non-hydrogen) atoms. The maximum Gasteiger partial charge on any atom is 0.421 e. The predicted molar refractivity (Wildman–Crippen MR) is 104 cm³/mol. The van der Waals surface area contributed by atoms with Gasteiger partial charge in [0.2, 0.25) is 5.91 Å². The van der Waals surface area contributed by atoms with Gasteiger partial charge in [-0.05, 0) is 63.4 Å². The topological polar surface area (TPSA) is 55.8 Å². The fourth-order valence-corrected chi connectivity index (χ4v) is 3.41. The Labute approximate surface area is 159 Å². The number of nitrogens with zero attached hydrogens (tertiary/aromatic N) is 1. The van der Waals surface area contributed by atoms with Crippen LogP contribution in [0.1, 0.15) is 38.8 Å². The van der Waals surface area contributed by atoms with Crippen LogP contribution in [-0.2, 0) is 21.4 Å². The van der Waals surface area contributed by atoms with E-state index in [4.69, 9.17) is 9.47 Å². The highest BCUT2D eigenvalue weighted by atomic mass is 16.6. The van der Waals surface area contributed by atoms with Gasteiger partial charge in [0.25, 0.3) is 0 Å². The highest BCUT2D eigenvalue weighted by molar-refractivity contribution is 6.21. The number of fused-ring (bicyclic) bond motifs is 1. The molecule has 0 fully saturated rings. The Bertz CT molecular complexity index is 870. The van der Waals surface area contributed by atoms with E-state index in [0.717, 1.165) is 16.0 Å². The lowest BCUT2D eigenvalue weighted by molar-refractivity contribution is -0.122. The van der Waals surface area contributed by atoms with E-state index in [1.165, 1.54) is 0 Å². The number of rotatable bonds is 3. The molecular weight excluding hydrogens is 342 g/mol. The first-order chi connectivity index (χ1) is 12.7. The molecule has 3 rings (SSSR count). The number of benzene rings is 2. The van der Waals surface area contributed by atoms with Gasteiger partial charge in [-0.2, -0.15) is 0 Å². The fourth-order valence-electron chi connectivity index (χ4n) is 3.41. The average Bonchev–Trinajstić information content (AvgIpc) is 2.81. The number of methoxy groups -OCH3 is 1. The van der Waals surface area contributed by atoms with Crippen molar-refractivity contribution in [3.05, 3.63) is 59.7 Å². The van der Waals surface area contributed by atoms with Crippen LogP contribution in [0.15, 0.2) is 48.5 Å². The second-order valence-electron chi connectivity index (χ2n) is 8.00. The van der Waals surface area contributed by atoms with Gasteiger partial charge in [-0.3, -0.25) is 4.79 Å². The van der Waals surface area contributed by atoms with Crippen molar-refractivity contribution in [2.45, 2.75) is 45.1 Å². The van der Waals surface area contributed by atoms with Crippen LogP contribution in [0.5, 0.6) is 5.75 Å². The lowest BCUT2D eigenvalue weighted by atomic mass is 9.78. The first kappa shape index (κ1) is 19.0. The van der Waals surface area contributed by atoms with Gasteiger partial charge in [-0.15, -0.1) is 0 Å². The Morgan fingerprint density at radius 3 is 2.37 bits per heavy atom. The van der Waals surface area contributed by atoms with Crippen LogP contribution < -0.4 is 9.64 Å². The van der Waals surface area contributed by atoms with Gasteiger partial charge in [-0.25, -0.2) is 9.69 Å². The molecule has 0 bridgehead atoms. The number of carbonyl (C=O) groups is 2. The fraction of sp³-hybridized carbons (Fsp3) is 0.364. The molecule has 0 saturated carbocycles. The van der Waals surface area contributed by atoms with Crippen molar-refractivity contribution in [3.63, 3.8) is 0 Å². The number of hydrogen-bond acceptors (Lipinski definition) is 4. The first-order valence-electron chi connectivity index (χ1n) is 8.96. The quantitative estimate of drug-likeness (QED) is 0.803. The molecule has 142 valence electrons. The van der Waals surface area contributed by atoms with Crippen LogP contribution in [0.25, 0.3) is 0 Å². The van der Waals surface area contributed by atoms with Crippen molar-refractivity contribution in [3.8, 4) is 5.75 Å². The van der Waals surface area contributed by atoms with Crippen LogP contribution in [0.2, 0.25) is 0 Å². The summed E-state index contributed by atoms with van der Waals surface area (Å²) >= 11 is 0. The van der Waals surface area contributed by atoms with E-state index in [2.05, 4.69) is 0 Å². The van der Waals surface area contributed by atoms with Gasteiger partial charge in [0.05, 0.1) is 18.2 Å². The molecule has 0 spiro atoms. The van der Waals surface area contributed by atoms with Crippen LogP contribution in [0, 0.1) is 0 Å². The molecular formula is C22H25NO4. The summed E-state index contributed by atoms with van der Waals surface area (Å²) in [6.07, 6.45) is -0.178. The summed E-state index contributed by atoms with van der Waals surface area (Å²) in [5.74, 6) is 0.357. The minimum Gasteiger partial charge on any atom is -0.497 e. The van der Waals surface area contributed by atoms with Crippen molar-refractivity contribution >= 4 is 17.7 Å². The molecule has 1 heterocycles. The SMILES string of the molecule is COc1ccc2c(c1)[C@@](C)(Cc1ccccc1)C(=O)N2C(=O)OC(C)(C)C. The molecule has 5 heteroatoms. The molecule has 0 unspecified atom stereocenters. The Hall–Kier alpha value is -2.82. The van der Waals surface area contributed by atoms with Crippen molar-refractivity contribution < 1.29 is 19.1 Å². The van der Waals surface area contributed by atoms with E-state index in [-0.39, 0.29) is 5.91 Å². The molecule has 5 nitrogen and oxygen atoms in total. The minimum atomic E-state index is -0.887. The van der Waals surface area contributed by atoms with Crippen molar-refractivity contribution in [2.75, 3.05) is 12.0 Å². The van der Waals surface area contributed by atoms with Gasteiger partial charge >= 0.3 is 6.09 Å². The summed E-state index contributed by atoms with van der Waals surface area (Å²) in [5.41, 5.74) is 0.757. The third-order valence-electron chi connectivity index (χ3n) is 4.69. The largest absolute Gasteiger partial charge is 0.497 e. The Morgan fingerprint density at radius 1 is 1.11 bits per heavy atom. The van der Waals surface area contributed by atoms with Crippen LogP contribution in [0.4, 0.5) is 10.5 Å². The van der Waals surface area contributed by atoms with E-state index in [1.54, 1.807) is 40.0 Å². The zero-order chi connectivity index (χ0) is 19.8. The van der Waals surface area contributed by atoms with Crippen LogP contribution in [0.3, 0.4) is 0 Å². The molecule has 0 aliphatic carbocycles. The smallest absolute Gasteiger partial charge is 0.421 e. The molecule has 2 aromatic carbocycles. The van der Waals surface area contributed by atoms with E-state index in [1.807, 2.05) is 43.3 Å². The highest BCUT2D eigenvalue weighted by Gasteiger charge is 2.51. The van der Waals surface area contributed by atoms with Gasteiger partial charge in [0.15, 0.2) is 0 Å². The number of imide groups is 1. The zero-order valence-corrected chi connectivity index (χ0v) is 16.4. The standard InChI is InChI=1S/C22H25NO4/c1-21(2,3)27-20(25)23-18-12-11-16(26-5)13-17(18)22(4,19(23)24)14-15-9-7-6-8-10-15/h6-13H,14H2,1-5H3/t22-/m1/s1. The van der Waals surface area contributed by atoms with Gasteiger partial charge < -0.3 is 9.47 Å². The summed E-state index contributed by atoms with van der Waals surface area (Å²) in [6, 6.07) is 15.1. The van der Waals surface area contributed by atoms with Gasteiger partial charge in [-0.1, -0.05) is 30.3 Å². The molecule has 1 aliphatic rings.